The van der Waals surface area contributed by atoms with E-state index in [4.69, 9.17) is 45.9 Å². The van der Waals surface area contributed by atoms with Gasteiger partial charge in [-0.1, -0.05) is 44.2 Å². The number of nitrogens with one attached hydrogen (secondary N) is 8. The first kappa shape index (κ1) is 71.8. The summed E-state index contributed by atoms with van der Waals surface area (Å²) in [6.45, 7) is 3.14. The van der Waals surface area contributed by atoms with Crippen molar-refractivity contribution >= 4 is 88.9 Å². The first-order chi connectivity index (χ1) is 38.9. The normalized spacial score (nSPS) is 14.1. The van der Waals surface area contributed by atoms with Gasteiger partial charge in [0, 0.05) is 25.9 Å². The molecule has 0 saturated carbocycles. The number of carbonyl (C=O) groups is 13. The minimum atomic E-state index is -2.01. The van der Waals surface area contributed by atoms with Gasteiger partial charge in [0.25, 0.3) is 0 Å². The summed E-state index contributed by atoms with van der Waals surface area (Å²) >= 11 is 0. The number of primary amides is 2. The van der Waals surface area contributed by atoms with Crippen molar-refractivity contribution in [2.45, 2.75) is 152 Å². The zero-order chi connectivity index (χ0) is 62.9. The smallest absolute Gasteiger partial charge is 0.326 e. The summed E-state index contributed by atoms with van der Waals surface area (Å²) in [6, 6.07) is -7.09. The molecule has 1 aromatic carbocycles. The van der Waals surface area contributed by atoms with Crippen molar-refractivity contribution in [3.63, 3.8) is 0 Å². The fourth-order valence-electron chi connectivity index (χ4n) is 7.66. The number of aliphatic imine (C=N–C) groups is 2. The van der Waals surface area contributed by atoms with Crippen molar-refractivity contribution in [2.24, 2.45) is 61.8 Å². The fourth-order valence-corrected chi connectivity index (χ4v) is 7.66. The van der Waals surface area contributed by atoms with Crippen LogP contribution in [0.15, 0.2) is 40.3 Å². The number of aliphatic carboxylic acids is 3. The summed E-state index contributed by atoms with van der Waals surface area (Å²) in [7, 11) is 0. The average molecular weight is 1180 g/mol. The number of benzene rings is 1. The second-order valence-electron chi connectivity index (χ2n) is 19.3. The van der Waals surface area contributed by atoms with Crippen LogP contribution in [-0.4, -0.2) is 178 Å². The van der Waals surface area contributed by atoms with E-state index in [0.29, 0.717) is 18.4 Å². The third kappa shape index (κ3) is 29.7. The first-order valence-corrected chi connectivity index (χ1v) is 26.2. The minimum Gasteiger partial charge on any atom is -0.481 e. The highest BCUT2D eigenvalue weighted by molar-refractivity contribution is 6.00. The minimum absolute atomic E-state index is 0.0225. The summed E-state index contributed by atoms with van der Waals surface area (Å²) in [5.74, 6) is -17.2. The first-order valence-electron chi connectivity index (χ1n) is 26.2. The number of hydrogen-bond donors (Lipinski definition) is 19. The van der Waals surface area contributed by atoms with Gasteiger partial charge in [-0.3, -0.25) is 67.5 Å². The molecule has 10 amide bonds. The Labute approximate surface area is 477 Å². The van der Waals surface area contributed by atoms with Crippen LogP contribution in [0.3, 0.4) is 0 Å². The molecular formula is C49H80N18O16. The molecule has 34 heteroatoms. The van der Waals surface area contributed by atoms with Crippen molar-refractivity contribution in [1.82, 2.24) is 42.5 Å². The summed E-state index contributed by atoms with van der Waals surface area (Å²) in [5.41, 5.74) is 44.2. The molecule has 0 heterocycles. The van der Waals surface area contributed by atoms with Crippen molar-refractivity contribution in [3.8, 4) is 0 Å². The number of carboxylic acid groups (broad SMARTS) is 3. The van der Waals surface area contributed by atoms with Gasteiger partial charge in [-0.25, -0.2) is 4.79 Å². The number of nitrogens with two attached hydrogens (primary N) is 8. The topological polar surface area (TPSA) is 612 Å². The summed E-state index contributed by atoms with van der Waals surface area (Å²) in [5, 5.41) is 47.6. The Morgan fingerprint density at radius 1 is 0.458 bits per heavy atom. The number of hydrogen-bond acceptors (Lipinski definition) is 17. The maximum absolute atomic E-state index is 14.3. The highest BCUT2D eigenvalue weighted by Gasteiger charge is 2.37. The van der Waals surface area contributed by atoms with Crippen LogP contribution in [0, 0.1) is 5.92 Å². The molecule has 0 bridgehead atoms. The molecule has 0 radical (unpaired) electrons. The standard InChI is InChI=1S/C49H80N18O16/c1-24(2)38(46(81)66-33(23-37(72)73)44(79)62-29(47(82)83)13-6-7-17-50)67-45(80)30(20-25-10-4-3-5-11-25)63-42(77)31(21-35(53)69)64-40(75)27(14-9-19-59-49(56)57)61-43(78)32(22-36(70)71)65-41(76)28(15-16-34(52)68)60-39(74)26(51)12-8-18-58-48(54)55/h3-5,10-11,24,26-33,38H,6-9,12-23,50-51H2,1-2H3,(H2,52,68)(H2,53,69)(H,60,74)(H,61,78)(H,62,79)(H,63,77)(H,64,75)(H,65,76)(H,66,81)(H,67,80)(H,70,71)(H,72,73)(H,82,83)(H4,54,55,58)(H4,56,57,59)/t26-,27-,28-,29-,30-,31-,32-,33-,38-/m0/s1. The van der Waals surface area contributed by atoms with Gasteiger partial charge in [0.05, 0.1) is 25.3 Å². The summed E-state index contributed by atoms with van der Waals surface area (Å²) < 4.78 is 0. The number of carboxylic acids is 3. The molecule has 34 nitrogen and oxygen atoms in total. The highest BCUT2D eigenvalue weighted by atomic mass is 16.4. The molecule has 0 aromatic heterocycles. The number of carbonyl (C=O) groups excluding carboxylic acids is 10. The van der Waals surface area contributed by atoms with Gasteiger partial charge in [-0.2, -0.15) is 0 Å². The van der Waals surface area contributed by atoms with Crippen LogP contribution in [0.1, 0.15) is 96.5 Å². The molecule has 0 spiro atoms. The van der Waals surface area contributed by atoms with Crippen LogP contribution in [0.2, 0.25) is 0 Å². The van der Waals surface area contributed by atoms with Gasteiger partial charge >= 0.3 is 17.9 Å². The molecule has 0 aliphatic heterocycles. The third-order valence-electron chi connectivity index (χ3n) is 12.0. The lowest BCUT2D eigenvalue weighted by Gasteiger charge is -2.29. The predicted molar refractivity (Wildman–Crippen MR) is 296 cm³/mol. The van der Waals surface area contributed by atoms with Gasteiger partial charge in [0.2, 0.25) is 59.1 Å². The van der Waals surface area contributed by atoms with Crippen molar-refractivity contribution in [1.29, 1.82) is 0 Å². The number of amides is 10. The molecule has 83 heavy (non-hydrogen) atoms. The van der Waals surface area contributed by atoms with E-state index in [2.05, 4.69) is 52.5 Å². The number of guanidine groups is 2. The van der Waals surface area contributed by atoms with Gasteiger partial charge in [0.1, 0.15) is 48.3 Å². The maximum Gasteiger partial charge on any atom is 0.326 e. The average Bonchev–Trinajstić information content (AvgIpc) is 3.46. The highest BCUT2D eigenvalue weighted by Crippen LogP contribution is 2.12. The van der Waals surface area contributed by atoms with Crippen molar-refractivity contribution in [3.05, 3.63) is 35.9 Å². The Morgan fingerprint density at radius 2 is 0.867 bits per heavy atom. The van der Waals surface area contributed by atoms with Crippen molar-refractivity contribution < 1.29 is 77.6 Å². The summed E-state index contributed by atoms with van der Waals surface area (Å²) in [6.07, 6.45) is -3.87. The van der Waals surface area contributed by atoms with E-state index in [1.54, 1.807) is 30.3 Å². The molecule has 0 saturated heterocycles. The second-order valence-corrected chi connectivity index (χ2v) is 19.3. The van der Waals surface area contributed by atoms with E-state index in [1.165, 1.54) is 13.8 Å². The van der Waals surface area contributed by atoms with Crippen LogP contribution in [0.5, 0.6) is 0 Å². The Kier molecular flexibility index (Phi) is 32.6. The number of unbranched alkanes of at least 4 members (excludes halogenated alkanes) is 1. The van der Waals surface area contributed by atoms with E-state index in [0.717, 1.165) is 0 Å². The molecule has 1 aromatic rings. The molecule has 9 atom stereocenters. The largest absolute Gasteiger partial charge is 0.481 e. The van der Waals surface area contributed by atoms with Crippen LogP contribution in [-0.2, 0) is 68.7 Å². The van der Waals surface area contributed by atoms with E-state index in [1.807, 2.05) is 0 Å². The van der Waals surface area contributed by atoms with Gasteiger partial charge in [-0.05, 0) is 69.4 Å². The van der Waals surface area contributed by atoms with Gasteiger partial charge in [0.15, 0.2) is 11.9 Å². The lowest BCUT2D eigenvalue weighted by Crippen LogP contribution is -2.61. The zero-order valence-corrected chi connectivity index (χ0v) is 46.1. The quantitative estimate of drug-likeness (QED) is 0.0164. The summed E-state index contributed by atoms with van der Waals surface area (Å²) in [4.78, 5) is 178. The molecule has 0 fully saturated rings. The fraction of sp³-hybridized carbons (Fsp3) is 0.571. The van der Waals surface area contributed by atoms with Gasteiger partial charge < -0.3 is 104 Å². The molecule has 27 N–H and O–H groups in total. The molecule has 0 unspecified atom stereocenters. The second kappa shape index (κ2) is 37.7. The SMILES string of the molecule is CC(C)[C@H](NC(=O)[C@H](Cc1ccccc1)NC(=O)[C@H](CC(N)=O)NC(=O)[C@H](CCCN=C(N)N)NC(=O)[C@H](CC(=O)O)NC(=O)[C@H](CCC(N)=O)NC(=O)[C@@H](N)CCCN=C(N)N)C(=O)N[C@@H](CC(=O)O)C(=O)N[C@@H](CCCCN)C(=O)O. The van der Waals surface area contributed by atoms with Crippen LogP contribution in [0.4, 0.5) is 0 Å². The van der Waals surface area contributed by atoms with Crippen LogP contribution < -0.4 is 88.4 Å². The third-order valence-corrected chi connectivity index (χ3v) is 12.0. The van der Waals surface area contributed by atoms with Crippen LogP contribution >= 0.6 is 0 Å². The van der Waals surface area contributed by atoms with E-state index >= 15 is 0 Å². The van der Waals surface area contributed by atoms with Gasteiger partial charge in [-0.15, -0.1) is 0 Å². The van der Waals surface area contributed by atoms with E-state index in [-0.39, 0.29) is 70.1 Å². The lowest BCUT2D eigenvalue weighted by molar-refractivity contribution is -0.144. The Hall–Kier alpha value is -9.21. The molecule has 462 valence electrons. The monoisotopic (exact) mass is 1180 g/mol. The molecule has 0 aliphatic carbocycles. The zero-order valence-electron chi connectivity index (χ0n) is 46.1. The number of nitrogens with zero attached hydrogens (tertiary/aromatic N) is 2. The van der Waals surface area contributed by atoms with Crippen LogP contribution in [0.25, 0.3) is 0 Å². The Bertz CT molecular complexity index is 2470. The lowest BCUT2D eigenvalue weighted by atomic mass is 9.99. The predicted octanol–water partition coefficient (Wildman–Crippen LogP) is -7.50. The molecule has 0 aliphatic rings. The van der Waals surface area contributed by atoms with E-state index in [9.17, 15) is 77.6 Å². The Morgan fingerprint density at radius 3 is 1.33 bits per heavy atom. The number of rotatable bonds is 41. The Balaban J connectivity index is 3.64. The maximum atomic E-state index is 14.3. The molecule has 1 rings (SSSR count). The molecular weight excluding hydrogens is 1100 g/mol. The van der Waals surface area contributed by atoms with Crippen molar-refractivity contribution in [2.75, 3.05) is 19.6 Å². The van der Waals surface area contributed by atoms with E-state index < -0.39 is 169 Å².